The summed E-state index contributed by atoms with van der Waals surface area (Å²) in [5, 5.41) is 3.12. The van der Waals surface area contributed by atoms with E-state index in [0.29, 0.717) is 5.69 Å². The van der Waals surface area contributed by atoms with E-state index in [2.05, 4.69) is 26.1 Å². The zero-order chi connectivity index (χ0) is 13.1. The first-order valence-corrected chi connectivity index (χ1v) is 5.99. The quantitative estimate of drug-likeness (QED) is 0.812. The molecule has 0 aliphatic carbocycles. The predicted octanol–water partition coefficient (Wildman–Crippen LogP) is 4.59. The monoisotopic (exact) mass is 241 g/mol. The first kappa shape index (κ1) is 13.9. The standard InChI is InChI=1S/C14H21F2N/c1-10(5-6-14(2,3)4)17-13-8-11(15)7-12(16)9-13/h7-10,17H,5-6H2,1-4H3. The second-order valence-electron chi connectivity index (χ2n) is 5.80. The van der Waals surface area contributed by atoms with Crippen LogP contribution in [0.4, 0.5) is 14.5 Å². The molecule has 96 valence electrons. The first-order valence-electron chi connectivity index (χ1n) is 5.99. The Hall–Kier alpha value is -1.12. The molecule has 1 atom stereocenters. The number of hydrogen-bond donors (Lipinski definition) is 1. The Morgan fingerprint density at radius 2 is 1.65 bits per heavy atom. The number of rotatable bonds is 4. The van der Waals surface area contributed by atoms with Gasteiger partial charge in [-0.1, -0.05) is 20.8 Å². The minimum absolute atomic E-state index is 0.204. The number of hydrogen-bond acceptors (Lipinski definition) is 1. The molecule has 1 N–H and O–H groups in total. The van der Waals surface area contributed by atoms with Crippen LogP contribution >= 0.6 is 0 Å². The molecule has 0 bridgehead atoms. The van der Waals surface area contributed by atoms with Crippen LogP contribution in [0, 0.1) is 17.0 Å². The van der Waals surface area contributed by atoms with Crippen molar-refractivity contribution in [2.75, 3.05) is 5.32 Å². The minimum Gasteiger partial charge on any atom is -0.382 e. The van der Waals surface area contributed by atoms with Crippen molar-refractivity contribution in [3.63, 3.8) is 0 Å². The van der Waals surface area contributed by atoms with Crippen LogP contribution in [0.2, 0.25) is 0 Å². The second-order valence-corrected chi connectivity index (χ2v) is 5.80. The molecule has 1 rings (SSSR count). The van der Waals surface area contributed by atoms with Crippen LogP contribution in [0.5, 0.6) is 0 Å². The van der Waals surface area contributed by atoms with E-state index in [4.69, 9.17) is 0 Å². The van der Waals surface area contributed by atoms with Gasteiger partial charge in [-0.05, 0) is 37.3 Å². The Kier molecular flexibility index (Phi) is 4.49. The van der Waals surface area contributed by atoms with Crippen LogP contribution in [0.3, 0.4) is 0 Å². The van der Waals surface area contributed by atoms with Gasteiger partial charge in [0.1, 0.15) is 11.6 Å². The fourth-order valence-electron chi connectivity index (χ4n) is 1.64. The summed E-state index contributed by atoms with van der Waals surface area (Å²) < 4.78 is 25.9. The van der Waals surface area contributed by atoms with Crippen molar-refractivity contribution in [3.8, 4) is 0 Å². The molecule has 0 spiro atoms. The first-order chi connectivity index (χ1) is 7.76. The molecule has 1 nitrogen and oxygen atoms in total. The van der Waals surface area contributed by atoms with E-state index in [1.165, 1.54) is 12.1 Å². The Balaban J connectivity index is 2.53. The minimum atomic E-state index is -0.546. The summed E-state index contributed by atoms with van der Waals surface area (Å²) in [6, 6.07) is 3.72. The van der Waals surface area contributed by atoms with Gasteiger partial charge >= 0.3 is 0 Å². The lowest BCUT2D eigenvalue weighted by Crippen LogP contribution is -2.18. The van der Waals surface area contributed by atoms with Gasteiger partial charge in [-0.3, -0.25) is 0 Å². The van der Waals surface area contributed by atoms with Gasteiger partial charge in [-0.25, -0.2) is 8.78 Å². The largest absolute Gasteiger partial charge is 0.382 e. The SMILES string of the molecule is CC(CCC(C)(C)C)Nc1cc(F)cc(F)c1. The molecule has 0 fully saturated rings. The molecular formula is C14H21F2N. The summed E-state index contributed by atoms with van der Waals surface area (Å²) in [4.78, 5) is 0. The number of halogens is 2. The Morgan fingerprint density at radius 3 is 2.12 bits per heavy atom. The van der Waals surface area contributed by atoms with Crippen molar-refractivity contribution >= 4 is 5.69 Å². The average Bonchev–Trinajstić information content (AvgIpc) is 2.11. The van der Waals surface area contributed by atoms with Crippen LogP contribution in [-0.4, -0.2) is 6.04 Å². The van der Waals surface area contributed by atoms with Crippen LogP contribution in [-0.2, 0) is 0 Å². The van der Waals surface area contributed by atoms with Gasteiger partial charge in [0.05, 0.1) is 0 Å². The van der Waals surface area contributed by atoms with E-state index < -0.39 is 11.6 Å². The van der Waals surface area contributed by atoms with Crippen molar-refractivity contribution < 1.29 is 8.78 Å². The summed E-state index contributed by atoms with van der Waals surface area (Å²) in [5.74, 6) is -1.09. The lowest BCUT2D eigenvalue weighted by atomic mass is 9.89. The van der Waals surface area contributed by atoms with Gasteiger partial charge in [0.2, 0.25) is 0 Å². The average molecular weight is 241 g/mol. The van der Waals surface area contributed by atoms with Crippen molar-refractivity contribution in [3.05, 3.63) is 29.8 Å². The highest BCUT2D eigenvalue weighted by Crippen LogP contribution is 2.23. The van der Waals surface area contributed by atoms with Gasteiger partial charge in [0.25, 0.3) is 0 Å². The highest BCUT2D eigenvalue weighted by atomic mass is 19.1. The van der Waals surface area contributed by atoms with Gasteiger partial charge in [-0.15, -0.1) is 0 Å². The van der Waals surface area contributed by atoms with E-state index in [1.807, 2.05) is 6.92 Å². The van der Waals surface area contributed by atoms with Crippen LogP contribution in [0.1, 0.15) is 40.5 Å². The molecule has 0 amide bonds. The number of anilines is 1. The molecule has 1 unspecified atom stereocenters. The van der Waals surface area contributed by atoms with Gasteiger partial charge in [0.15, 0.2) is 0 Å². The summed E-state index contributed by atoms with van der Waals surface area (Å²) in [7, 11) is 0. The fourth-order valence-corrected chi connectivity index (χ4v) is 1.64. The zero-order valence-electron chi connectivity index (χ0n) is 11.0. The molecule has 3 heteroatoms. The molecule has 0 aliphatic rings. The maximum absolute atomic E-state index is 13.0. The van der Waals surface area contributed by atoms with Crippen LogP contribution < -0.4 is 5.32 Å². The number of nitrogens with one attached hydrogen (secondary N) is 1. The molecule has 1 aromatic carbocycles. The molecule has 0 heterocycles. The molecule has 0 saturated heterocycles. The van der Waals surface area contributed by atoms with E-state index >= 15 is 0 Å². The van der Waals surface area contributed by atoms with Crippen molar-refractivity contribution in [2.45, 2.75) is 46.6 Å². The normalized spacial score (nSPS) is 13.5. The lowest BCUT2D eigenvalue weighted by Gasteiger charge is -2.22. The van der Waals surface area contributed by atoms with Crippen LogP contribution in [0.25, 0.3) is 0 Å². The fraction of sp³-hybridized carbons (Fsp3) is 0.571. The highest BCUT2D eigenvalue weighted by molar-refractivity contribution is 5.44. The second kappa shape index (κ2) is 5.48. The van der Waals surface area contributed by atoms with Crippen molar-refractivity contribution in [1.82, 2.24) is 0 Å². The third-order valence-corrected chi connectivity index (χ3v) is 2.60. The van der Waals surface area contributed by atoms with Crippen molar-refractivity contribution in [2.24, 2.45) is 5.41 Å². The summed E-state index contributed by atoms with van der Waals surface area (Å²) >= 11 is 0. The van der Waals surface area contributed by atoms with E-state index in [9.17, 15) is 8.78 Å². The van der Waals surface area contributed by atoms with E-state index in [-0.39, 0.29) is 11.5 Å². The Morgan fingerprint density at radius 1 is 1.12 bits per heavy atom. The van der Waals surface area contributed by atoms with E-state index in [1.54, 1.807) is 0 Å². The third kappa shape index (κ3) is 5.66. The topological polar surface area (TPSA) is 12.0 Å². The maximum Gasteiger partial charge on any atom is 0.128 e. The lowest BCUT2D eigenvalue weighted by molar-refractivity contribution is 0.357. The molecule has 0 aliphatic heterocycles. The number of benzene rings is 1. The highest BCUT2D eigenvalue weighted by Gasteiger charge is 2.12. The van der Waals surface area contributed by atoms with Crippen LogP contribution in [0.15, 0.2) is 18.2 Å². The summed E-state index contributed by atoms with van der Waals surface area (Å²) in [6.45, 7) is 8.57. The van der Waals surface area contributed by atoms with Gasteiger partial charge in [-0.2, -0.15) is 0 Å². The molecule has 0 radical (unpaired) electrons. The molecule has 1 aromatic rings. The smallest absolute Gasteiger partial charge is 0.128 e. The summed E-state index contributed by atoms with van der Waals surface area (Å²) in [6.07, 6.45) is 2.04. The maximum atomic E-state index is 13.0. The van der Waals surface area contributed by atoms with Gasteiger partial charge in [0, 0.05) is 17.8 Å². The molecule has 0 saturated carbocycles. The molecule has 17 heavy (non-hydrogen) atoms. The zero-order valence-corrected chi connectivity index (χ0v) is 11.0. The predicted molar refractivity (Wildman–Crippen MR) is 68.1 cm³/mol. The molecular weight excluding hydrogens is 220 g/mol. The Bertz CT molecular complexity index is 349. The van der Waals surface area contributed by atoms with Gasteiger partial charge < -0.3 is 5.32 Å². The van der Waals surface area contributed by atoms with E-state index in [0.717, 1.165) is 18.9 Å². The Labute approximate surface area is 102 Å². The summed E-state index contributed by atoms with van der Waals surface area (Å²) in [5.41, 5.74) is 0.785. The molecule has 0 aromatic heterocycles. The third-order valence-electron chi connectivity index (χ3n) is 2.60. The van der Waals surface area contributed by atoms with Crippen molar-refractivity contribution in [1.29, 1.82) is 0 Å².